The number of benzene rings is 1. The van der Waals surface area contributed by atoms with E-state index < -0.39 is 5.60 Å². The Balaban J connectivity index is 0.00000316. The van der Waals surface area contributed by atoms with Crippen molar-refractivity contribution in [2.24, 2.45) is 11.3 Å². The van der Waals surface area contributed by atoms with Gasteiger partial charge in [-0.1, -0.05) is 56.2 Å². The molecular formula is C36H47ClN4O. The van der Waals surface area contributed by atoms with Gasteiger partial charge in [-0.25, -0.2) is 0 Å². The molecule has 4 aliphatic rings. The van der Waals surface area contributed by atoms with Gasteiger partial charge in [0.25, 0.3) is 0 Å². The van der Waals surface area contributed by atoms with Crippen LogP contribution in [0, 0.1) is 11.3 Å². The van der Waals surface area contributed by atoms with E-state index in [4.69, 9.17) is 4.98 Å². The zero-order chi connectivity index (χ0) is 27.9. The topological polar surface area (TPSA) is 68.8 Å². The number of unbranched alkanes of at least 4 members (excludes halogenated alkanes) is 2. The lowest BCUT2D eigenvalue weighted by Crippen LogP contribution is -3.00. The summed E-state index contributed by atoms with van der Waals surface area (Å²) < 4.78 is 0. The van der Waals surface area contributed by atoms with Crippen LogP contribution in [0.15, 0.2) is 66.9 Å². The fourth-order valence-electron chi connectivity index (χ4n) is 8.91. The van der Waals surface area contributed by atoms with Gasteiger partial charge in [-0.2, -0.15) is 0 Å². The third kappa shape index (κ3) is 5.17. The van der Waals surface area contributed by atoms with Crippen LogP contribution in [0.5, 0.6) is 0 Å². The molecule has 3 aromatic rings. The Morgan fingerprint density at radius 3 is 2.90 bits per heavy atom. The normalized spacial score (nSPS) is 33.9. The Hall–Kier alpha value is -2.44. The summed E-state index contributed by atoms with van der Waals surface area (Å²) in [5, 5.41) is 17.8. The molecule has 2 unspecified atom stereocenters. The van der Waals surface area contributed by atoms with Crippen molar-refractivity contribution in [3.63, 3.8) is 0 Å². The number of hydrogen-bond donors (Lipinski definition) is 3. The number of fused-ring (bicyclic) bond motifs is 4. The van der Waals surface area contributed by atoms with Gasteiger partial charge in [-0.15, -0.1) is 0 Å². The van der Waals surface area contributed by atoms with Crippen molar-refractivity contribution in [3.8, 4) is 0 Å². The van der Waals surface area contributed by atoms with Crippen molar-refractivity contribution in [2.45, 2.75) is 88.8 Å². The number of rotatable bonds is 5. The number of pyridine rings is 1. The fourth-order valence-corrected chi connectivity index (χ4v) is 8.91. The van der Waals surface area contributed by atoms with Crippen LogP contribution < -0.4 is 17.7 Å². The smallest absolute Gasteiger partial charge is 0.136 e. The molecule has 5 nitrogen and oxygen atoms in total. The van der Waals surface area contributed by atoms with E-state index in [2.05, 4.69) is 82.8 Å². The van der Waals surface area contributed by atoms with Crippen molar-refractivity contribution < 1.29 is 22.8 Å². The molecule has 5 heterocycles. The molecule has 224 valence electrons. The van der Waals surface area contributed by atoms with Crippen LogP contribution in [0.25, 0.3) is 27.4 Å². The second kappa shape index (κ2) is 12.3. The lowest BCUT2D eigenvalue weighted by atomic mass is 9.55. The number of aromatic nitrogens is 2. The lowest BCUT2D eigenvalue weighted by Gasteiger charge is -2.54. The summed E-state index contributed by atoms with van der Waals surface area (Å²) in [5.74, 6) is 0.388. The maximum absolute atomic E-state index is 12.8. The van der Waals surface area contributed by atoms with Crippen LogP contribution in [0.1, 0.15) is 76.8 Å². The summed E-state index contributed by atoms with van der Waals surface area (Å²) >= 11 is 0. The van der Waals surface area contributed by atoms with Crippen molar-refractivity contribution in [1.29, 1.82) is 0 Å². The van der Waals surface area contributed by atoms with E-state index in [9.17, 15) is 5.11 Å². The van der Waals surface area contributed by atoms with Gasteiger partial charge in [0.2, 0.25) is 0 Å². The van der Waals surface area contributed by atoms with E-state index >= 15 is 0 Å². The van der Waals surface area contributed by atoms with Gasteiger partial charge in [0.15, 0.2) is 0 Å². The summed E-state index contributed by atoms with van der Waals surface area (Å²) in [5.41, 5.74) is 3.74. The average Bonchev–Trinajstić information content (AvgIpc) is 3.55. The van der Waals surface area contributed by atoms with Gasteiger partial charge < -0.3 is 32.7 Å². The average molecular weight is 587 g/mol. The molecular weight excluding hydrogens is 540 g/mol. The molecule has 2 fully saturated rings. The molecule has 4 N–H and O–H groups in total. The first kappa shape index (κ1) is 29.6. The number of para-hydroxylation sites is 1. The third-order valence-corrected chi connectivity index (χ3v) is 10.7. The highest BCUT2D eigenvalue weighted by Gasteiger charge is 2.66. The Morgan fingerprint density at radius 1 is 1.12 bits per heavy atom. The zero-order valence-electron chi connectivity index (χ0n) is 25.1. The second-order valence-electron chi connectivity index (χ2n) is 13.3. The zero-order valence-corrected chi connectivity index (χ0v) is 25.8. The van der Waals surface area contributed by atoms with Gasteiger partial charge in [0.1, 0.15) is 17.7 Å². The van der Waals surface area contributed by atoms with Gasteiger partial charge in [-0.05, 0) is 93.8 Å². The third-order valence-electron chi connectivity index (χ3n) is 10.7. The van der Waals surface area contributed by atoms with E-state index in [-0.39, 0.29) is 23.9 Å². The number of allylic oxidation sites excluding steroid dienone is 4. The Morgan fingerprint density at radius 2 is 2.00 bits per heavy atom. The van der Waals surface area contributed by atoms with Crippen LogP contribution in [-0.2, 0) is 0 Å². The van der Waals surface area contributed by atoms with Crippen LogP contribution >= 0.6 is 0 Å². The number of nitrogens with one attached hydrogen (secondary N) is 1. The van der Waals surface area contributed by atoms with E-state index in [1.54, 1.807) is 0 Å². The van der Waals surface area contributed by atoms with Crippen molar-refractivity contribution in [2.75, 3.05) is 19.6 Å². The standard InChI is InChI=1S/C36H46N4O.ClH/c1-2-3-4-9-14-26-23-35-25-40-21-13-8-6-5-7-12-19-36(41,34(35)38-26)24-29(30(35)18-22-40)32-33-28(17-20-37-32)27-15-10-11-16-31(27)39-33;/h5,7,9-11,14-17,20,24,26,30,34,38-39,41H,2-4,6,8,12-13,18-19,21-23,25H2,1H3;1H/b7-5-,14-9-;/t26?,30-,34+,35-,36-;/m0./s1. The van der Waals surface area contributed by atoms with E-state index in [1.807, 2.05) is 6.20 Å². The number of hydrogen-bond acceptors (Lipinski definition) is 3. The molecule has 6 heteroatoms. The first-order valence-electron chi connectivity index (χ1n) is 16.3. The minimum Gasteiger partial charge on any atom is -1.00 e. The molecule has 2 aromatic heterocycles. The van der Waals surface area contributed by atoms with Crippen LogP contribution in [0.3, 0.4) is 0 Å². The SMILES string of the molecule is CCCC/C=C\C1C[C@]23CN4CCCC/C=C\CC[C@](O)(C=C(c5nccc6c5[nH]c5ccccc56)[C@@H]2CC4)[C@@H]3[NH2+]1.[Cl-]. The van der Waals surface area contributed by atoms with Crippen LogP contribution in [0.2, 0.25) is 0 Å². The van der Waals surface area contributed by atoms with Crippen molar-refractivity contribution >= 4 is 27.4 Å². The molecule has 0 amide bonds. The lowest BCUT2D eigenvalue weighted by molar-refractivity contribution is -0.711. The Bertz CT molecular complexity index is 1490. The van der Waals surface area contributed by atoms with E-state index in [0.29, 0.717) is 12.0 Å². The minimum atomic E-state index is -0.880. The Kier molecular flexibility index (Phi) is 8.66. The number of aliphatic hydroxyl groups is 1. The molecule has 2 saturated heterocycles. The molecule has 1 aliphatic carbocycles. The van der Waals surface area contributed by atoms with Crippen LogP contribution in [0.4, 0.5) is 0 Å². The first-order chi connectivity index (χ1) is 20.1. The van der Waals surface area contributed by atoms with Gasteiger partial charge in [-0.3, -0.25) is 4.98 Å². The summed E-state index contributed by atoms with van der Waals surface area (Å²) in [6, 6.07) is 11.3. The number of aromatic amines is 1. The van der Waals surface area contributed by atoms with Crippen molar-refractivity contribution in [1.82, 2.24) is 14.9 Å². The molecule has 1 aromatic carbocycles. The summed E-state index contributed by atoms with van der Waals surface area (Å²) in [6.07, 6.45) is 25.0. The van der Waals surface area contributed by atoms with E-state index in [0.717, 1.165) is 68.3 Å². The minimum absolute atomic E-state index is 0. The molecule has 0 radical (unpaired) electrons. The highest BCUT2D eigenvalue weighted by atomic mass is 35.5. The number of piperidine rings is 1. The summed E-state index contributed by atoms with van der Waals surface area (Å²) in [6.45, 7) is 5.64. The molecule has 1 spiro atoms. The number of H-pyrrole nitrogens is 1. The molecule has 0 saturated carbocycles. The van der Waals surface area contributed by atoms with E-state index in [1.165, 1.54) is 48.6 Å². The van der Waals surface area contributed by atoms with Gasteiger partial charge in [0, 0.05) is 35.5 Å². The van der Waals surface area contributed by atoms with Crippen LogP contribution in [-0.4, -0.2) is 57.3 Å². The van der Waals surface area contributed by atoms with Gasteiger partial charge >= 0.3 is 0 Å². The fraction of sp³-hybridized carbons (Fsp3) is 0.528. The molecule has 3 aliphatic heterocycles. The predicted octanol–water partition coefficient (Wildman–Crippen LogP) is 3.13. The second-order valence-corrected chi connectivity index (χ2v) is 13.3. The largest absolute Gasteiger partial charge is 1.00 e. The highest BCUT2D eigenvalue weighted by molar-refractivity contribution is 6.09. The number of halogens is 1. The Labute approximate surface area is 257 Å². The summed E-state index contributed by atoms with van der Waals surface area (Å²) in [7, 11) is 0. The quantitative estimate of drug-likeness (QED) is 0.318. The first-order valence-corrected chi connectivity index (χ1v) is 16.3. The molecule has 7 rings (SSSR count). The van der Waals surface area contributed by atoms with Gasteiger partial charge in [0.05, 0.1) is 16.6 Å². The maximum atomic E-state index is 12.8. The molecule has 3 bridgehead atoms. The predicted molar refractivity (Wildman–Crippen MR) is 169 cm³/mol. The highest BCUT2D eigenvalue weighted by Crippen LogP contribution is 2.57. The maximum Gasteiger partial charge on any atom is 0.136 e. The molecule has 42 heavy (non-hydrogen) atoms. The summed E-state index contributed by atoms with van der Waals surface area (Å²) in [4.78, 5) is 11.6. The monoisotopic (exact) mass is 586 g/mol. The molecule has 6 atom stereocenters. The number of quaternary nitrogens is 1. The number of nitrogens with two attached hydrogens (primary N) is 1. The number of nitrogens with zero attached hydrogens (tertiary/aromatic N) is 2. The van der Waals surface area contributed by atoms with Crippen molar-refractivity contribution in [3.05, 3.63) is 72.6 Å².